The fourth-order valence-electron chi connectivity index (χ4n) is 1.67. The van der Waals surface area contributed by atoms with Crippen molar-refractivity contribution < 1.29 is 9.59 Å². The third kappa shape index (κ3) is 8.68. The normalized spacial score (nSPS) is 12.1. The lowest BCUT2D eigenvalue weighted by atomic mass is 9.98. The van der Waals surface area contributed by atoms with E-state index in [1.165, 1.54) is 0 Å². The molecule has 0 heterocycles. The number of nitrogens with two attached hydrogens (primary N) is 1. The molecule has 0 saturated heterocycles. The Morgan fingerprint density at radius 2 is 1.94 bits per heavy atom. The molecule has 0 unspecified atom stereocenters. The van der Waals surface area contributed by atoms with Crippen LogP contribution in [0, 0.1) is 5.92 Å². The standard InChI is InChI=1S/C12H25N3O2/c1-3-10(6-4-5-8-14-2)12(17)15-9-7-11(13)16/h10,14H,3-9H2,1-2H3,(H2,13,16)(H,15,17)/t10-/m0/s1. The van der Waals surface area contributed by atoms with E-state index in [0.29, 0.717) is 6.54 Å². The molecular weight excluding hydrogens is 218 g/mol. The zero-order chi connectivity index (χ0) is 13.1. The van der Waals surface area contributed by atoms with Crippen LogP contribution in [-0.2, 0) is 9.59 Å². The minimum Gasteiger partial charge on any atom is -0.370 e. The Balaban J connectivity index is 3.75. The van der Waals surface area contributed by atoms with E-state index in [1.807, 2.05) is 14.0 Å². The molecule has 0 aliphatic heterocycles. The Morgan fingerprint density at radius 1 is 1.24 bits per heavy atom. The summed E-state index contributed by atoms with van der Waals surface area (Å²) < 4.78 is 0. The molecule has 4 N–H and O–H groups in total. The van der Waals surface area contributed by atoms with E-state index in [-0.39, 0.29) is 24.2 Å². The first kappa shape index (κ1) is 15.9. The number of primary amides is 1. The lowest BCUT2D eigenvalue weighted by molar-refractivity contribution is -0.125. The Labute approximate surface area is 104 Å². The van der Waals surface area contributed by atoms with Gasteiger partial charge in [-0.15, -0.1) is 0 Å². The molecule has 0 fully saturated rings. The number of nitrogens with one attached hydrogen (secondary N) is 2. The molecule has 5 nitrogen and oxygen atoms in total. The average molecular weight is 243 g/mol. The van der Waals surface area contributed by atoms with Gasteiger partial charge in [-0.05, 0) is 32.9 Å². The van der Waals surface area contributed by atoms with Crippen LogP contribution in [0.25, 0.3) is 0 Å². The van der Waals surface area contributed by atoms with Crippen LogP contribution >= 0.6 is 0 Å². The van der Waals surface area contributed by atoms with Crippen molar-refractivity contribution in [1.29, 1.82) is 0 Å². The largest absolute Gasteiger partial charge is 0.370 e. The van der Waals surface area contributed by atoms with Crippen molar-refractivity contribution in [3.05, 3.63) is 0 Å². The lowest BCUT2D eigenvalue weighted by Crippen LogP contribution is -2.33. The van der Waals surface area contributed by atoms with Gasteiger partial charge in [-0.1, -0.05) is 13.3 Å². The van der Waals surface area contributed by atoms with Crippen molar-refractivity contribution >= 4 is 11.8 Å². The van der Waals surface area contributed by atoms with Gasteiger partial charge in [-0.3, -0.25) is 9.59 Å². The third-order valence-electron chi connectivity index (χ3n) is 2.76. The molecule has 0 rings (SSSR count). The monoisotopic (exact) mass is 243 g/mol. The van der Waals surface area contributed by atoms with Crippen molar-refractivity contribution in [3.63, 3.8) is 0 Å². The summed E-state index contributed by atoms with van der Waals surface area (Å²) in [6.45, 7) is 3.34. The topological polar surface area (TPSA) is 84.2 Å². The summed E-state index contributed by atoms with van der Waals surface area (Å²) in [5.41, 5.74) is 5.00. The van der Waals surface area contributed by atoms with Crippen LogP contribution in [0.2, 0.25) is 0 Å². The molecule has 0 aromatic rings. The summed E-state index contributed by atoms with van der Waals surface area (Å²) in [6.07, 6.45) is 4.08. The van der Waals surface area contributed by atoms with E-state index in [1.54, 1.807) is 0 Å². The van der Waals surface area contributed by atoms with E-state index in [0.717, 1.165) is 32.2 Å². The van der Waals surface area contributed by atoms with Gasteiger partial charge in [0.2, 0.25) is 11.8 Å². The van der Waals surface area contributed by atoms with Gasteiger partial charge in [0.1, 0.15) is 0 Å². The van der Waals surface area contributed by atoms with Gasteiger partial charge in [0.15, 0.2) is 0 Å². The number of unbranched alkanes of at least 4 members (excludes halogenated alkanes) is 1. The molecular formula is C12H25N3O2. The number of carbonyl (C=O) groups is 2. The predicted octanol–water partition coefficient (Wildman–Crippen LogP) is 0.394. The molecule has 17 heavy (non-hydrogen) atoms. The Morgan fingerprint density at radius 3 is 2.47 bits per heavy atom. The van der Waals surface area contributed by atoms with Gasteiger partial charge in [-0.2, -0.15) is 0 Å². The zero-order valence-corrected chi connectivity index (χ0v) is 10.9. The summed E-state index contributed by atoms with van der Waals surface area (Å²) >= 11 is 0. The number of carbonyl (C=O) groups excluding carboxylic acids is 2. The van der Waals surface area contributed by atoms with Crippen LogP contribution in [0.1, 0.15) is 39.0 Å². The molecule has 2 amide bonds. The minimum absolute atomic E-state index is 0.0400. The molecule has 0 aromatic heterocycles. The summed E-state index contributed by atoms with van der Waals surface area (Å²) in [6, 6.07) is 0. The van der Waals surface area contributed by atoms with Gasteiger partial charge in [0, 0.05) is 18.9 Å². The second-order valence-corrected chi connectivity index (χ2v) is 4.21. The van der Waals surface area contributed by atoms with Crippen molar-refractivity contribution in [2.24, 2.45) is 11.7 Å². The summed E-state index contributed by atoms with van der Waals surface area (Å²) in [4.78, 5) is 22.3. The molecule has 0 radical (unpaired) electrons. The first-order valence-electron chi connectivity index (χ1n) is 6.32. The molecule has 5 heteroatoms. The minimum atomic E-state index is -0.382. The summed E-state index contributed by atoms with van der Waals surface area (Å²) in [5.74, 6) is -0.287. The van der Waals surface area contributed by atoms with Crippen LogP contribution in [-0.4, -0.2) is 32.0 Å². The molecule has 0 saturated carbocycles. The maximum atomic E-state index is 11.7. The second-order valence-electron chi connectivity index (χ2n) is 4.21. The van der Waals surface area contributed by atoms with Gasteiger partial charge in [-0.25, -0.2) is 0 Å². The van der Waals surface area contributed by atoms with E-state index in [4.69, 9.17) is 5.73 Å². The highest BCUT2D eigenvalue weighted by Crippen LogP contribution is 2.12. The SMILES string of the molecule is CC[C@@H](CCCCNC)C(=O)NCCC(N)=O. The van der Waals surface area contributed by atoms with Gasteiger partial charge in [0.25, 0.3) is 0 Å². The van der Waals surface area contributed by atoms with E-state index in [2.05, 4.69) is 10.6 Å². The Bertz CT molecular complexity index is 232. The number of hydrogen-bond acceptors (Lipinski definition) is 3. The quantitative estimate of drug-likeness (QED) is 0.485. The maximum Gasteiger partial charge on any atom is 0.223 e. The molecule has 0 bridgehead atoms. The third-order valence-corrected chi connectivity index (χ3v) is 2.76. The summed E-state index contributed by atoms with van der Waals surface area (Å²) in [7, 11) is 1.92. The average Bonchev–Trinajstić information content (AvgIpc) is 2.28. The van der Waals surface area contributed by atoms with Gasteiger partial charge >= 0.3 is 0 Å². The molecule has 0 spiro atoms. The van der Waals surface area contributed by atoms with Crippen molar-refractivity contribution in [2.75, 3.05) is 20.1 Å². The Kier molecular flexibility index (Phi) is 9.43. The predicted molar refractivity (Wildman–Crippen MR) is 68.4 cm³/mol. The van der Waals surface area contributed by atoms with E-state index < -0.39 is 0 Å². The molecule has 100 valence electrons. The molecule has 0 aliphatic rings. The van der Waals surface area contributed by atoms with Crippen molar-refractivity contribution in [2.45, 2.75) is 39.0 Å². The second kappa shape index (κ2) is 10.1. The fourth-order valence-corrected chi connectivity index (χ4v) is 1.67. The highest BCUT2D eigenvalue weighted by molar-refractivity contribution is 5.79. The first-order valence-corrected chi connectivity index (χ1v) is 6.32. The maximum absolute atomic E-state index is 11.7. The van der Waals surface area contributed by atoms with E-state index in [9.17, 15) is 9.59 Å². The van der Waals surface area contributed by atoms with Crippen LogP contribution in [0.4, 0.5) is 0 Å². The fraction of sp³-hybridized carbons (Fsp3) is 0.833. The van der Waals surface area contributed by atoms with E-state index >= 15 is 0 Å². The van der Waals surface area contributed by atoms with Gasteiger partial charge in [0.05, 0.1) is 0 Å². The summed E-state index contributed by atoms with van der Waals surface area (Å²) in [5, 5.41) is 5.83. The highest BCUT2D eigenvalue weighted by atomic mass is 16.2. The van der Waals surface area contributed by atoms with Crippen molar-refractivity contribution in [3.8, 4) is 0 Å². The highest BCUT2D eigenvalue weighted by Gasteiger charge is 2.15. The smallest absolute Gasteiger partial charge is 0.223 e. The number of amides is 2. The molecule has 1 atom stereocenters. The zero-order valence-electron chi connectivity index (χ0n) is 10.9. The number of hydrogen-bond donors (Lipinski definition) is 3. The van der Waals surface area contributed by atoms with Gasteiger partial charge < -0.3 is 16.4 Å². The van der Waals surface area contributed by atoms with Crippen LogP contribution in [0.15, 0.2) is 0 Å². The molecule has 0 aromatic carbocycles. The Hall–Kier alpha value is -1.10. The number of rotatable bonds is 10. The molecule has 0 aliphatic carbocycles. The van der Waals surface area contributed by atoms with Crippen molar-refractivity contribution in [1.82, 2.24) is 10.6 Å². The van der Waals surface area contributed by atoms with Crippen LogP contribution < -0.4 is 16.4 Å². The first-order chi connectivity index (χ1) is 8.11. The van der Waals surface area contributed by atoms with Crippen LogP contribution in [0.5, 0.6) is 0 Å². The lowest BCUT2D eigenvalue weighted by Gasteiger charge is -2.14. The van der Waals surface area contributed by atoms with Crippen LogP contribution in [0.3, 0.4) is 0 Å².